The van der Waals surface area contributed by atoms with E-state index in [-0.39, 0.29) is 17.0 Å². The maximum Gasteiger partial charge on any atom is 0.261 e. The molecule has 3 heterocycles. The van der Waals surface area contributed by atoms with Crippen molar-refractivity contribution in [3.8, 4) is 11.8 Å². The quantitative estimate of drug-likeness (QED) is 0.432. The highest BCUT2D eigenvalue weighted by molar-refractivity contribution is 6.27. The van der Waals surface area contributed by atoms with Gasteiger partial charge in [-0.2, -0.15) is 4.98 Å². The lowest BCUT2D eigenvalue weighted by atomic mass is 9.96. The van der Waals surface area contributed by atoms with Gasteiger partial charge >= 0.3 is 0 Å². The standard InChI is InChI=1S/C15H16ClFN4O4/c1-7(22)9-10(23)15(16,4-2-5-17)13(25-9)21-6-3-8-11(21)19-14(18)20-12(8)24/h3,6-7,9-10,13,22-23H,5H2,1H3,(H3,18,19,20,24)/t7-,9+,10-,13+,15?/m0/s1. The second kappa shape index (κ2) is 6.31. The molecule has 0 bridgehead atoms. The predicted octanol–water partition coefficient (Wildman–Crippen LogP) is -0.104. The van der Waals surface area contributed by atoms with E-state index in [1.54, 1.807) is 0 Å². The van der Waals surface area contributed by atoms with Gasteiger partial charge in [-0.3, -0.25) is 9.78 Å². The minimum absolute atomic E-state index is 0.113. The SMILES string of the molecule is C[C@H](O)[C@H]1O[C@@H](n2ccc3c(=O)[nH]c(N)nc32)C(Cl)(C#CCF)[C@H]1O. The van der Waals surface area contributed by atoms with Crippen LogP contribution in [0, 0.1) is 11.8 Å². The lowest BCUT2D eigenvalue weighted by Crippen LogP contribution is -2.43. The van der Waals surface area contributed by atoms with Gasteiger partial charge in [-0.15, -0.1) is 0 Å². The molecular formula is C15H16ClFN4O4. The second-order valence-electron chi connectivity index (χ2n) is 5.75. The molecule has 1 saturated heterocycles. The maximum absolute atomic E-state index is 12.5. The fourth-order valence-electron chi connectivity index (χ4n) is 2.91. The van der Waals surface area contributed by atoms with Crippen molar-refractivity contribution in [2.75, 3.05) is 12.4 Å². The number of nitrogens with zero attached hydrogens (tertiary/aromatic N) is 2. The number of nitrogens with two attached hydrogens (primary N) is 1. The van der Waals surface area contributed by atoms with Crippen molar-refractivity contribution in [3.05, 3.63) is 22.6 Å². The Balaban J connectivity index is 2.18. The van der Waals surface area contributed by atoms with Crippen molar-refractivity contribution in [3.63, 3.8) is 0 Å². The summed E-state index contributed by atoms with van der Waals surface area (Å²) >= 11 is 6.48. The van der Waals surface area contributed by atoms with Gasteiger partial charge in [0, 0.05) is 6.20 Å². The van der Waals surface area contributed by atoms with Crippen molar-refractivity contribution >= 4 is 28.6 Å². The number of fused-ring (bicyclic) bond motifs is 1. The highest BCUT2D eigenvalue weighted by atomic mass is 35.5. The molecule has 8 nitrogen and oxygen atoms in total. The largest absolute Gasteiger partial charge is 0.391 e. The summed E-state index contributed by atoms with van der Waals surface area (Å²) in [5.41, 5.74) is 5.29. The number of anilines is 1. The van der Waals surface area contributed by atoms with Crippen LogP contribution in [0.3, 0.4) is 0 Å². The number of ether oxygens (including phenoxy) is 1. The average molecular weight is 371 g/mol. The van der Waals surface area contributed by atoms with Gasteiger partial charge in [-0.05, 0) is 13.0 Å². The monoisotopic (exact) mass is 370 g/mol. The van der Waals surface area contributed by atoms with Crippen LogP contribution in [-0.4, -0.2) is 54.6 Å². The molecule has 0 amide bonds. The molecule has 2 aromatic heterocycles. The number of nitrogens with one attached hydrogen (secondary N) is 1. The first-order valence-electron chi connectivity index (χ1n) is 7.42. The minimum atomic E-state index is -1.75. The fourth-order valence-corrected chi connectivity index (χ4v) is 3.25. The van der Waals surface area contributed by atoms with Crippen LogP contribution in [0.1, 0.15) is 13.2 Å². The summed E-state index contributed by atoms with van der Waals surface area (Å²) in [6, 6.07) is 1.48. The van der Waals surface area contributed by atoms with Crippen LogP contribution >= 0.6 is 11.6 Å². The molecule has 5 N–H and O–H groups in total. The Bertz CT molecular complexity index is 918. The zero-order valence-corrected chi connectivity index (χ0v) is 13.9. The summed E-state index contributed by atoms with van der Waals surface area (Å²) in [5, 5.41) is 20.5. The van der Waals surface area contributed by atoms with Gasteiger partial charge < -0.3 is 25.3 Å². The third-order valence-electron chi connectivity index (χ3n) is 4.06. The predicted molar refractivity (Wildman–Crippen MR) is 88.7 cm³/mol. The number of nitrogen functional groups attached to an aromatic ring is 1. The van der Waals surface area contributed by atoms with Crippen molar-refractivity contribution in [2.45, 2.75) is 36.3 Å². The number of alkyl halides is 2. The third kappa shape index (κ3) is 2.77. The summed E-state index contributed by atoms with van der Waals surface area (Å²) < 4.78 is 19.6. The Morgan fingerprint density at radius 3 is 3.04 bits per heavy atom. The molecule has 0 spiro atoms. The number of hydrogen-bond acceptors (Lipinski definition) is 6. The van der Waals surface area contributed by atoms with E-state index in [1.807, 2.05) is 0 Å². The number of hydrogen-bond donors (Lipinski definition) is 4. The molecule has 2 aromatic rings. The molecule has 1 aliphatic rings. The zero-order valence-electron chi connectivity index (χ0n) is 13.1. The molecule has 134 valence electrons. The highest BCUT2D eigenvalue weighted by Gasteiger charge is 2.57. The number of aliphatic hydroxyl groups is 2. The molecule has 3 rings (SSSR count). The fraction of sp³-hybridized carbons (Fsp3) is 0.467. The van der Waals surface area contributed by atoms with E-state index in [2.05, 4.69) is 21.8 Å². The Hall–Kier alpha value is -2.12. The van der Waals surface area contributed by atoms with Crippen LogP contribution < -0.4 is 11.3 Å². The number of aromatic amines is 1. The van der Waals surface area contributed by atoms with Crippen molar-refractivity contribution < 1.29 is 19.3 Å². The number of rotatable bonds is 2. The summed E-state index contributed by atoms with van der Waals surface area (Å²) in [6.07, 6.45) is -3.19. The average Bonchev–Trinajstić information content (AvgIpc) is 3.06. The zero-order chi connectivity index (χ0) is 18.4. The molecule has 0 aromatic carbocycles. The molecule has 1 fully saturated rings. The van der Waals surface area contributed by atoms with Crippen molar-refractivity contribution in [1.29, 1.82) is 0 Å². The van der Waals surface area contributed by atoms with Crippen LogP contribution in [-0.2, 0) is 4.74 Å². The van der Waals surface area contributed by atoms with Gasteiger partial charge in [0.15, 0.2) is 16.7 Å². The van der Waals surface area contributed by atoms with Crippen LogP contribution in [0.25, 0.3) is 11.0 Å². The Labute approximate surface area is 146 Å². The molecule has 1 unspecified atom stereocenters. The second-order valence-corrected chi connectivity index (χ2v) is 6.38. The third-order valence-corrected chi connectivity index (χ3v) is 4.57. The smallest absolute Gasteiger partial charge is 0.261 e. The Kier molecular flexibility index (Phi) is 4.47. The number of halogens is 2. The molecule has 1 aliphatic heterocycles. The number of aromatic nitrogens is 3. The maximum atomic E-state index is 12.5. The van der Waals surface area contributed by atoms with Crippen molar-refractivity contribution in [2.24, 2.45) is 0 Å². The topological polar surface area (TPSA) is 126 Å². The van der Waals surface area contributed by atoms with E-state index in [4.69, 9.17) is 22.1 Å². The van der Waals surface area contributed by atoms with Gasteiger partial charge in [0.2, 0.25) is 5.95 Å². The highest BCUT2D eigenvalue weighted by Crippen LogP contribution is 2.45. The van der Waals surface area contributed by atoms with Gasteiger partial charge in [0.1, 0.15) is 18.9 Å². The van der Waals surface area contributed by atoms with E-state index in [0.717, 1.165) is 0 Å². The molecule has 0 radical (unpaired) electrons. The van der Waals surface area contributed by atoms with Gasteiger partial charge in [-0.1, -0.05) is 23.4 Å². The summed E-state index contributed by atoms with van der Waals surface area (Å²) in [5.74, 6) is 4.54. The summed E-state index contributed by atoms with van der Waals surface area (Å²) in [6.45, 7) is 0.454. The van der Waals surface area contributed by atoms with E-state index in [9.17, 15) is 19.4 Å². The van der Waals surface area contributed by atoms with E-state index in [0.29, 0.717) is 0 Å². The van der Waals surface area contributed by atoms with E-state index < -0.39 is 41.6 Å². The molecular weight excluding hydrogens is 355 g/mol. The van der Waals surface area contributed by atoms with Gasteiger partial charge in [-0.25, -0.2) is 4.39 Å². The van der Waals surface area contributed by atoms with Gasteiger partial charge in [0.25, 0.3) is 5.56 Å². The van der Waals surface area contributed by atoms with Crippen LogP contribution in [0.15, 0.2) is 17.1 Å². The first kappa shape index (κ1) is 17.7. The summed E-state index contributed by atoms with van der Waals surface area (Å²) in [7, 11) is 0. The number of aliphatic hydroxyl groups excluding tert-OH is 2. The first-order chi connectivity index (χ1) is 11.8. The van der Waals surface area contributed by atoms with Gasteiger partial charge in [0.05, 0.1) is 11.5 Å². The Morgan fingerprint density at radius 1 is 1.68 bits per heavy atom. The summed E-state index contributed by atoms with van der Waals surface area (Å²) in [4.78, 5) is 16.6. The molecule has 0 aliphatic carbocycles. The Morgan fingerprint density at radius 2 is 2.40 bits per heavy atom. The van der Waals surface area contributed by atoms with E-state index >= 15 is 0 Å². The molecule has 25 heavy (non-hydrogen) atoms. The minimum Gasteiger partial charge on any atom is -0.391 e. The molecule has 0 saturated carbocycles. The lowest BCUT2D eigenvalue weighted by Gasteiger charge is -2.26. The van der Waals surface area contributed by atoms with Crippen LogP contribution in [0.5, 0.6) is 0 Å². The lowest BCUT2D eigenvalue weighted by molar-refractivity contribution is -0.0751. The normalized spacial score (nSPS) is 30.2. The number of H-pyrrole nitrogens is 1. The first-order valence-corrected chi connectivity index (χ1v) is 7.80. The van der Waals surface area contributed by atoms with Crippen LogP contribution in [0.2, 0.25) is 0 Å². The molecule has 10 heteroatoms. The van der Waals surface area contributed by atoms with Crippen LogP contribution in [0.4, 0.5) is 10.3 Å². The van der Waals surface area contributed by atoms with Crippen molar-refractivity contribution in [1.82, 2.24) is 14.5 Å². The van der Waals surface area contributed by atoms with E-state index in [1.165, 1.54) is 23.8 Å². The molecule has 5 atom stereocenters.